The summed E-state index contributed by atoms with van der Waals surface area (Å²) in [5, 5.41) is 6.88. The number of carbonyl (C=O) groups is 3. The van der Waals surface area contributed by atoms with E-state index in [0.717, 1.165) is 10.9 Å². The molecular formula is C24H25ClN4O4. The van der Waals surface area contributed by atoms with E-state index in [-0.39, 0.29) is 37.4 Å². The normalized spacial score (nSPS) is 15.8. The van der Waals surface area contributed by atoms with Crippen LogP contribution < -0.4 is 15.4 Å². The molecule has 3 amide bonds. The molecule has 2 N–H and O–H groups in total. The topological polar surface area (TPSA) is 92.7 Å². The Hall–Kier alpha value is -3.52. The van der Waals surface area contributed by atoms with Gasteiger partial charge in [-0.2, -0.15) is 0 Å². The highest BCUT2D eigenvalue weighted by Gasteiger charge is 2.23. The first-order chi connectivity index (χ1) is 15.9. The Bertz CT molecular complexity index is 1210. The van der Waals surface area contributed by atoms with Crippen LogP contribution in [-0.2, 0) is 11.8 Å². The zero-order valence-corrected chi connectivity index (χ0v) is 19.0. The highest BCUT2D eigenvalue weighted by Crippen LogP contribution is 2.24. The number of fused-ring (bicyclic) bond motifs is 2. The number of nitrogens with zero attached hydrogens (tertiary/aromatic N) is 2. The molecule has 4 rings (SSSR count). The van der Waals surface area contributed by atoms with Gasteiger partial charge in [0.05, 0.1) is 24.2 Å². The highest BCUT2D eigenvalue weighted by atomic mass is 35.5. The van der Waals surface area contributed by atoms with E-state index in [4.69, 9.17) is 16.3 Å². The van der Waals surface area contributed by atoms with Gasteiger partial charge in [0.2, 0.25) is 5.91 Å². The fourth-order valence-corrected chi connectivity index (χ4v) is 4.06. The molecule has 2 aromatic carbocycles. The van der Waals surface area contributed by atoms with Crippen molar-refractivity contribution in [2.75, 3.05) is 32.8 Å². The third-order valence-electron chi connectivity index (χ3n) is 5.51. The Labute approximate surface area is 196 Å². The van der Waals surface area contributed by atoms with E-state index in [1.165, 1.54) is 4.90 Å². The number of para-hydroxylation sites is 1. The molecule has 1 aromatic heterocycles. The molecule has 2 heterocycles. The van der Waals surface area contributed by atoms with Crippen molar-refractivity contribution in [2.24, 2.45) is 7.05 Å². The molecule has 8 nitrogen and oxygen atoms in total. The van der Waals surface area contributed by atoms with Gasteiger partial charge in [0.25, 0.3) is 11.8 Å². The Morgan fingerprint density at radius 1 is 1.09 bits per heavy atom. The largest absolute Gasteiger partial charge is 0.491 e. The molecule has 0 spiro atoms. The number of benzene rings is 2. The van der Waals surface area contributed by atoms with Crippen LogP contribution in [0.1, 0.15) is 27.1 Å². The zero-order chi connectivity index (χ0) is 23.4. The molecule has 1 aliphatic heterocycles. The summed E-state index contributed by atoms with van der Waals surface area (Å²) in [6, 6.07) is 12.5. The first-order valence-corrected chi connectivity index (χ1v) is 11.1. The highest BCUT2D eigenvalue weighted by molar-refractivity contribution is 6.31. The van der Waals surface area contributed by atoms with Crippen molar-refractivity contribution in [2.45, 2.75) is 6.42 Å². The third-order valence-corrected chi connectivity index (χ3v) is 5.74. The molecular weight excluding hydrogens is 444 g/mol. The smallest absolute Gasteiger partial charge is 0.256 e. The average molecular weight is 469 g/mol. The van der Waals surface area contributed by atoms with E-state index < -0.39 is 0 Å². The van der Waals surface area contributed by atoms with Crippen LogP contribution in [0.4, 0.5) is 0 Å². The fourth-order valence-electron chi connectivity index (χ4n) is 3.89. The van der Waals surface area contributed by atoms with Crippen LogP contribution in [0.3, 0.4) is 0 Å². The van der Waals surface area contributed by atoms with E-state index in [9.17, 15) is 14.4 Å². The van der Waals surface area contributed by atoms with Crippen LogP contribution in [0.15, 0.2) is 48.7 Å². The van der Waals surface area contributed by atoms with Crippen molar-refractivity contribution in [3.63, 3.8) is 0 Å². The van der Waals surface area contributed by atoms with Gasteiger partial charge in [-0.3, -0.25) is 14.4 Å². The maximum absolute atomic E-state index is 13.4. The molecule has 172 valence electrons. The summed E-state index contributed by atoms with van der Waals surface area (Å²) in [4.78, 5) is 40.1. The number of hydrogen-bond donors (Lipinski definition) is 2. The van der Waals surface area contributed by atoms with E-state index >= 15 is 0 Å². The molecule has 0 atom stereocenters. The molecule has 9 heteroatoms. The summed E-state index contributed by atoms with van der Waals surface area (Å²) in [6.45, 7) is 0.965. The van der Waals surface area contributed by atoms with Crippen molar-refractivity contribution in [1.82, 2.24) is 20.1 Å². The SMILES string of the molecule is Cn1cc(C(=O)N2CCCNC(=O)c3cc(Cl)ccc3OCCNC(=O)C2)c2ccccc21. The third kappa shape index (κ3) is 5.12. The molecule has 0 unspecified atom stereocenters. The van der Waals surface area contributed by atoms with E-state index in [0.29, 0.717) is 41.4 Å². The maximum Gasteiger partial charge on any atom is 0.256 e. The van der Waals surface area contributed by atoms with Gasteiger partial charge in [-0.1, -0.05) is 29.8 Å². The van der Waals surface area contributed by atoms with Crippen molar-refractivity contribution in [1.29, 1.82) is 0 Å². The number of ether oxygens (including phenoxy) is 1. The summed E-state index contributed by atoms with van der Waals surface area (Å²) in [7, 11) is 1.88. The predicted molar refractivity (Wildman–Crippen MR) is 126 cm³/mol. The molecule has 0 fully saturated rings. The maximum atomic E-state index is 13.4. The van der Waals surface area contributed by atoms with Crippen molar-refractivity contribution in [3.05, 3.63) is 64.8 Å². The van der Waals surface area contributed by atoms with Crippen LogP contribution in [0.5, 0.6) is 5.75 Å². The minimum Gasteiger partial charge on any atom is -0.491 e. The number of hydrogen-bond acceptors (Lipinski definition) is 4. The summed E-state index contributed by atoms with van der Waals surface area (Å²) < 4.78 is 7.58. The molecule has 0 radical (unpaired) electrons. The molecule has 0 saturated heterocycles. The van der Waals surface area contributed by atoms with Crippen LogP contribution in [0.25, 0.3) is 10.9 Å². The Morgan fingerprint density at radius 3 is 2.76 bits per heavy atom. The second-order valence-corrected chi connectivity index (χ2v) is 8.28. The second kappa shape index (κ2) is 9.95. The first-order valence-electron chi connectivity index (χ1n) is 10.7. The lowest BCUT2D eigenvalue weighted by molar-refractivity contribution is -0.121. The van der Waals surface area contributed by atoms with Crippen molar-refractivity contribution < 1.29 is 19.1 Å². The summed E-state index contributed by atoms with van der Waals surface area (Å²) in [6.07, 6.45) is 2.26. The summed E-state index contributed by atoms with van der Waals surface area (Å²) in [5.74, 6) is -0.408. The molecule has 1 aliphatic rings. The first kappa shape index (κ1) is 22.7. The van der Waals surface area contributed by atoms with Crippen LogP contribution in [-0.4, -0.2) is 60.0 Å². The number of aryl methyl sites for hydroxylation is 1. The van der Waals surface area contributed by atoms with Gasteiger partial charge in [-0.15, -0.1) is 0 Å². The van der Waals surface area contributed by atoms with Gasteiger partial charge in [0.15, 0.2) is 0 Å². The Balaban J connectivity index is 1.54. The standard InChI is InChI=1S/C24H25ClN4O4/c1-28-14-19(17-5-2-3-6-20(17)28)24(32)29-11-4-9-27-23(31)18-13-16(25)7-8-21(18)33-12-10-26-22(30)15-29/h2-3,5-8,13-14H,4,9-12,15H2,1H3,(H,26,30)(H,27,31). The number of halogens is 1. The molecule has 0 bridgehead atoms. The lowest BCUT2D eigenvalue weighted by atomic mass is 10.1. The predicted octanol–water partition coefficient (Wildman–Crippen LogP) is 2.60. The van der Waals surface area contributed by atoms with Gasteiger partial charge in [-0.05, 0) is 30.7 Å². The molecule has 33 heavy (non-hydrogen) atoms. The van der Waals surface area contributed by atoms with Crippen LogP contribution in [0.2, 0.25) is 5.02 Å². The fraction of sp³-hybridized carbons (Fsp3) is 0.292. The summed E-state index contributed by atoms with van der Waals surface area (Å²) >= 11 is 6.05. The monoisotopic (exact) mass is 468 g/mol. The molecule has 0 aliphatic carbocycles. The molecule has 0 saturated carbocycles. The van der Waals surface area contributed by atoms with Crippen LogP contribution >= 0.6 is 11.6 Å². The van der Waals surface area contributed by atoms with Crippen LogP contribution in [0, 0.1) is 0 Å². The van der Waals surface area contributed by atoms with E-state index in [1.54, 1.807) is 24.4 Å². The zero-order valence-electron chi connectivity index (χ0n) is 18.3. The van der Waals surface area contributed by atoms with E-state index in [1.807, 2.05) is 35.9 Å². The lowest BCUT2D eigenvalue weighted by Gasteiger charge is -2.23. The number of nitrogens with one attached hydrogen (secondary N) is 2. The van der Waals surface area contributed by atoms with Crippen molar-refractivity contribution >= 4 is 40.2 Å². The van der Waals surface area contributed by atoms with Gasteiger partial charge >= 0.3 is 0 Å². The lowest BCUT2D eigenvalue weighted by Crippen LogP contribution is -2.43. The van der Waals surface area contributed by atoms with E-state index in [2.05, 4.69) is 10.6 Å². The van der Waals surface area contributed by atoms with Gasteiger partial charge in [0.1, 0.15) is 12.4 Å². The number of rotatable bonds is 1. The minimum atomic E-state index is -0.305. The van der Waals surface area contributed by atoms with Gasteiger partial charge < -0.3 is 24.8 Å². The minimum absolute atomic E-state index is 0.0812. The number of aromatic nitrogens is 1. The van der Waals surface area contributed by atoms with Gasteiger partial charge in [0, 0.05) is 42.3 Å². The average Bonchev–Trinajstić information content (AvgIpc) is 3.15. The Kier molecular flexibility index (Phi) is 6.84. The Morgan fingerprint density at radius 2 is 1.91 bits per heavy atom. The van der Waals surface area contributed by atoms with Gasteiger partial charge in [-0.25, -0.2) is 0 Å². The number of carbonyl (C=O) groups excluding carboxylic acids is 3. The van der Waals surface area contributed by atoms with Crippen molar-refractivity contribution in [3.8, 4) is 5.75 Å². The number of amides is 3. The second-order valence-electron chi connectivity index (χ2n) is 7.85. The quantitative estimate of drug-likeness (QED) is 0.574. The summed E-state index contributed by atoms with van der Waals surface area (Å²) in [5.41, 5.74) is 1.81. The molecule has 3 aromatic rings.